The van der Waals surface area contributed by atoms with Gasteiger partial charge in [0.1, 0.15) is 5.25 Å². The molecule has 3 nitrogen and oxygen atoms in total. The molecule has 0 saturated heterocycles. The van der Waals surface area contributed by atoms with Gasteiger partial charge in [-0.25, -0.2) is 4.99 Å². The first-order valence-corrected chi connectivity index (χ1v) is 13.7. The van der Waals surface area contributed by atoms with Gasteiger partial charge in [-0.15, -0.1) is 11.8 Å². The molecule has 1 aromatic carbocycles. The molecule has 0 amide bonds. The second-order valence-corrected chi connectivity index (χ2v) is 10.9. The Hall–Kier alpha value is -2.59. The highest BCUT2D eigenvalue weighted by atomic mass is 32.2. The Morgan fingerprint density at radius 1 is 0.941 bits per heavy atom. The Bertz CT molecular complexity index is 1200. The summed E-state index contributed by atoms with van der Waals surface area (Å²) in [6.07, 6.45) is 20.0. The van der Waals surface area contributed by atoms with Crippen LogP contribution in [0.15, 0.2) is 87.5 Å². The number of ketones is 1. The van der Waals surface area contributed by atoms with E-state index in [2.05, 4.69) is 61.6 Å². The fourth-order valence-electron chi connectivity index (χ4n) is 5.90. The highest BCUT2D eigenvalue weighted by molar-refractivity contribution is 8.01. The molecule has 5 aliphatic rings. The lowest BCUT2D eigenvalue weighted by molar-refractivity contribution is -0.124. The van der Waals surface area contributed by atoms with Crippen molar-refractivity contribution >= 4 is 29.0 Å². The van der Waals surface area contributed by atoms with Crippen molar-refractivity contribution in [2.45, 2.75) is 55.6 Å². The fourth-order valence-corrected chi connectivity index (χ4v) is 7.21. The number of hydrogen-bond acceptors (Lipinski definition) is 4. The molecular weight excluding hydrogens is 438 g/mol. The van der Waals surface area contributed by atoms with Crippen molar-refractivity contribution in [3.05, 3.63) is 83.1 Å². The Kier molecular flexibility index (Phi) is 5.94. The van der Waals surface area contributed by atoms with Crippen LogP contribution in [-0.4, -0.2) is 23.5 Å². The van der Waals surface area contributed by atoms with E-state index in [1.54, 1.807) is 0 Å². The van der Waals surface area contributed by atoms with Gasteiger partial charge >= 0.3 is 0 Å². The number of ether oxygens (including phenoxy) is 1. The van der Waals surface area contributed by atoms with Crippen molar-refractivity contribution in [2.24, 2.45) is 22.7 Å². The number of Topliss-reactive ketones (excluding diaryl/α,β-unsaturated/α-hetero) is 1. The summed E-state index contributed by atoms with van der Waals surface area (Å²) in [6, 6.07) is 8.59. The van der Waals surface area contributed by atoms with Crippen LogP contribution < -0.4 is 0 Å². The van der Waals surface area contributed by atoms with Gasteiger partial charge in [0.25, 0.3) is 0 Å². The molecule has 0 fully saturated rings. The van der Waals surface area contributed by atoms with Crippen LogP contribution in [-0.2, 0) is 9.53 Å². The molecule has 2 aliphatic heterocycles. The molecule has 6 rings (SSSR count). The molecule has 0 saturated carbocycles. The SMILES string of the molecule is CCCCCCCCOC1=NC2=C3C4=C(C=CC3C(=O)C3C=CC=CC23)c2ccccc2SC14. The van der Waals surface area contributed by atoms with Crippen LogP contribution in [0.25, 0.3) is 5.57 Å². The maximum Gasteiger partial charge on any atom is 0.206 e. The van der Waals surface area contributed by atoms with Crippen LogP contribution in [0.1, 0.15) is 51.0 Å². The fraction of sp³-hybridized carbons (Fsp3) is 0.400. The van der Waals surface area contributed by atoms with Crippen LogP contribution >= 0.6 is 11.8 Å². The van der Waals surface area contributed by atoms with Crippen LogP contribution in [0, 0.1) is 17.8 Å². The number of nitrogens with zero attached hydrogens (tertiary/aromatic N) is 1. The molecule has 0 bridgehead atoms. The largest absolute Gasteiger partial charge is 0.480 e. The lowest BCUT2D eigenvalue weighted by atomic mass is 9.65. The maximum absolute atomic E-state index is 13.5. The van der Waals surface area contributed by atoms with Crippen molar-refractivity contribution in [3.8, 4) is 0 Å². The average Bonchev–Trinajstić information content (AvgIpc) is 2.88. The second-order valence-electron chi connectivity index (χ2n) is 9.75. The third-order valence-corrected chi connectivity index (χ3v) is 8.88. The Balaban J connectivity index is 1.38. The number of fused-ring (bicyclic) bond motifs is 4. The molecule has 1 aromatic rings. The number of carbonyl (C=O) groups is 1. The Morgan fingerprint density at radius 2 is 1.74 bits per heavy atom. The van der Waals surface area contributed by atoms with E-state index in [-0.39, 0.29) is 23.0 Å². The lowest BCUT2D eigenvalue weighted by Gasteiger charge is -2.43. The van der Waals surface area contributed by atoms with Gasteiger partial charge in [-0.3, -0.25) is 4.79 Å². The number of thioether (sulfide) groups is 1. The Morgan fingerprint density at radius 3 is 2.62 bits per heavy atom. The summed E-state index contributed by atoms with van der Waals surface area (Å²) in [7, 11) is 0. The van der Waals surface area contributed by atoms with Gasteiger partial charge in [0.15, 0.2) is 5.78 Å². The number of aliphatic imine (C=N–C) groups is 1. The van der Waals surface area contributed by atoms with Crippen LogP contribution in [0.4, 0.5) is 0 Å². The van der Waals surface area contributed by atoms with Gasteiger partial charge in [0, 0.05) is 16.7 Å². The van der Waals surface area contributed by atoms with Gasteiger partial charge in [-0.05, 0) is 34.8 Å². The molecule has 3 aliphatic carbocycles. The molecule has 0 spiro atoms. The highest BCUT2D eigenvalue weighted by Crippen LogP contribution is 2.55. The molecule has 4 atom stereocenters. The number of carbonyl (C=O) groups excluding carboxylic acids is 1. The topological polar surface area (TPSA) is 38.7 Å². The summed E-state index contributed by atoms with van der Waals surface area (Å²) in [5, 5.41) is 0.0173. The van der Waals surface area contributed by atoms with Gasteiger partial charge in [-0.2, -0.15) is 0 Å². The first kappa shape index (κ1) is 21.9. The van der Waals surface area contributed by atoms with Gasteiger partial charge in [0.2, 0.25) is 5.90 Å². The third kappa shape index (κ3) is 3.58. The van der Waals surface area contributed by atoms with Gasteiger partial charge in [0.05, 0.1) is 18.2 Å². The van der Waals surface area contributed by atoms with Crippen molar-refractivity contribution in [3.63, 3.8) is 0 Å². The highest BCUT2D eigenvalue weighted by Gasteiger charge is 2.49. The lowest BCUT2D eigenvalue weighted by Crippen LogP contribution is -2.42. The normalized spacial score (nSPS) is 27.9. The smallest absolute Gasteiger partial charge is 0.206 e. The van der Waals surface area contributed by atoms with Crippen molar-refractivity contribution in [1.82, 2.24) is 0 Å². The van der Waals surface area contributed by atoms with Crippen molar-refractivity contribution < 1.29 is 9.53 Å². The number of unbranched alkanes of at least 4 members (excludes halogenated alkanes) is 5. The van der Waals surface area contributed by atoms with Gasteiger partial charge < -0.3 is 4.74 Å². The van der Waals surface area contributed by atoms with E-state index in [1.165, 1.54) is 53.7 Å². The summed E-state index contributed by atoms with van der Waals surface area (Å²) < 4.78 is 6.45. The second kappa shape index (κ2) is 9.22. The zero-order valence-electron chi connectivity index (χ0n) is 19.7. The zero-order valence-corrected chi connectivity index (χ0v) is 20.5. The first-order valence-electron chi connectivity index (χ1n) is 12.8. The monoisotopic (exact) mass is 469 g/mol. The molecule has 0 N–H and O–H groups in total. The number of hydrogen-bond donors (Lipinski definition) is 0. The predicted molar refractivity (Wildman–Crippen MR) is 140 cm³/mol. The number of rotatable bonds is 7. The molecule has 174 valence electrons. The molecular formula is C30H31NO2S. The molecule has 34 heavy (non-hydrogen) atoms. The van der Waals surface area contributed by atoms with E-state index < -0.39 is 0 Å². The molecule has 0 aromatic heterocycles. The molecule has 4 heteroatoms. The van der Waals surface area contributed by atoms with E-state index in [4.69, 9.17) is 9.73 Å². The van der Waals surface area contributed by atoms with E-state index in [1.807, 2.05) is 17.8 Å². The predicted octanol–water partition coefficient (Wildman–Crippen LogP) is 7.08. The quantitative estimate of drug-likeness (QED) is 0.400. The standard InChI is InChI=1S/C30H31NO2S/c1-2-3-4-5-6-11-18-33-30-29-26-20(19-12-9-10-15-24(19)34-29)16-17-23-25(26)27(31-30)21-13-7-8-14-22(21)28(23)32/h7-10,12-17,21-23,29H,2-6,11,18H2,1H3. The van der Waals surface area contributed by atoms with E-state index in [0.29, 0.717) is 12.4 Å². The zero-order chi connectivity index (χ0) is 23.1. The molecule has 2 heterocycles. The average molecular weight is 470 g/mol. The van der Waals surface area contributed by atoms with Crippen LogP contribution in [0.5, 0.6) is 0 Å². The summed E-state index contributed by atoms with van der Waals surface area (Å²) >= 11 is 1.82. The minimum Gasteiger partial charge on any atom is -0.480 e. The Labute approximate surface area is 206 Å². The summed E-state index contributed by atoms with van der Waals surface area (Å²) in [6.45, 7) is 2.96. The van der Waals surface area contributed by atoms with Crippen molar-refractivity contribution in [2.75, 3.05) is 6.61 Å². The van der Waals surface area contributed by atoms with E-state index in [9.17, 15) is 4.79 Å². The van der Waals surface area contributed by atoms with E-state index >= 15 is 0 Å². The molecule has 4 unspecified atom stereocenters. The number of allylic oxidation sites excluding steroid dienone is 8. The molecule has 0 radical (unpaired) electrons. The van der Waals surface area contributed by atoms with Crippen molar-refractivity contribution in [1.29, 1.82) is 0 Å². The minimum atomic E-state index is -0.205. The van der Waals surface area contributed by atoms with E-state index in [0.717, 1.165) is 23.6 Å². The number of benzene rings is 1. The van der Waals surface area contributed by atoms with Crippen LogP contribution in [0.2, 0.25) is 0 Å². The maximum atomic E-state index is 13.5. The first-order chi connectivity index (χ1) is 16.8. The summed E-state index contributed by atoms with van der Waals surface area (Å²) in [4.78, 5) is 20.0. The minimum absolute atomic E-state index is 0.000218. The third-order valence-electron chi connectivity index (χ3n) is 7.60. The van der Waals surface area contributed by atoms with Crippen LogP contribution in [0.3, 0.4) is 0 Å². The summed E-state index contributed by atoms with van der Waals surface area (Å²) in [5.41, 5.74) is 5.93. The summed E-state index contributed by atoms with van der Waals surface area (Å²) in [5.74, 6) is 0.776. The van der Waals surface area contributed by atoms with Gasteiger partial charge in [-0.1, -0.05) is 93.7 Å².